The van der Waals surface area contributed by atoms with Crippen LogP contribution in [0.15, 0.2) is 48.5 Å². The Hall–Kier alpha value is -1.82. The topological polar surface area (TPSA) is 59.2 Å². The van der Waals surface area contributed by atoms with Crippen molar-refractivity contribution in [3.63, 3.8) is 0 Å². The lowest BCUT2D eigenvalue weighted by molar-refractivity contribution is 0.0714. The van der Waals surface area contributed by atoms with Crippen molar-refractivity contribution in [2.24, 2.45) is 0 Å². The van der Waals surface area contributed by atoms with Crippen LogP contribution in [0.4, 0.5) is 5.69 Å². The van der Waals surface area contributed by atoms with Crippen molar-refractivity contribution in [3.05, 3.63) is 59.1 Å². The highest BCUT2D eigenvalue weighted by molar-refractivity contribution is 7.18. The summed E-state index contributed by atoms with van der Waals surface area (Å²) >= 11 is 1.78. The maximum absolute atomic E-state index is 12.6. The van der Waals surface area contributed by atoms with Gasteiger partial charge in [0.2, 0.25) is 0 Å². The van der Waals surface area contributed by atoms with Gasteiger partial charge in [-0.2, -0.15) is 0 Å². The van der Waals surface area contributed by atoms with E-state index >= 15 is 0 Å². The van der Waals surface area contributed by atoms with Gasteiger partial charge >= 0.3 is 0 Å². The lowest BCUT2D eigenvalue weighted by Gasteiger charge is -2.31. The summed E-state index contributed by atoms with van der Waals surface area (Å²) in [6.45, 7) is 1.52. The Balaban J connectivity index is 0.00000121. The van der Waals surface area contributed by atoms with E-state index in [0.29, 0.717) is 17.2 Å². The number of thiazole rings is 1. The minimum absolute atomic E-state index is 0. The number of fused-ring (bicyclic) bond motifs is 1. The molecule has 3 aromatic rings. The number of carbonyl (C=O) groups is 1. The highest BCUT2D eigenvalue weighted by atomic mass is 35.5. The predicted molar refractivity (Wildman–Crippen MR) is 113 cm³/mol. The predicted octanol–water partition coefficient (Wildman–Crippen LogP) is 4.74. The highest BCUT2D eigenvalue weighted by Gasteiger charge is 2.27. The average molecular weight is 410 g/mol. The molecule has 0 aliphatic carbocycles. The maximum atomic E-state index is 12.6. The lowest BCUT2D eigenvalue weighted by atomic mass is 9.97. The Kier molecular flexibility index (Phi) is 6.87. The first-order valence-corrected chi connectivity index (χ1v) is 9.03. The highest BCUT2D eigenvalue weighted by Crippen LogP contribution is 2.34. The van der Waals surface area contributed by atoms with E-state index in [1.807, 2.05) is 23.1 Å². The number of anilines is 1. The van der Waals surface area contributed by atoms with E-state index in [2.05, 4.69) is 18.2 Å². The number of rotatable bonds is 2. The van der Waals surface area contributed by atoms with Crippen LogP contribution >= 0.6 is 36.2 Å². The molecule has 26 heavy (non-hydrogen) atoms. The van der Waals surface area contributed by atoms with Gasteiger partial charge in [0.05, 0.1) is 20.8 Å². The first-order valence-electron chi connectivity index (χ1n) is 8.21. The minimum atomic E-state index is 0. The van der Waals surface area contributed by atoms with Crippen molar-refractivity contribution in [3.8, 4) is 0 Å². The third-order valence-corrected chi connectivity index (χ3v) is 5.83. The molecule has 2 heterocycles. The van der Waals surface area contributed by atoms with E-state index in [1.165, 1.54) is 9.71 Å². The number of benzene rings is 2. The summed E-state index contributed by atoms with van der Waals surface area (Å²) in [5.41, 5.74) is 8.17. The second-order valence-electron chi connectivity index (χ2n) is 6.17. The van der Waals surface area contributed by atoms with Crippen molar-refractivity contribution < 1.29 is 4.79 Å². The minimum Gasteiger partial charge on any atom is -0.398 e. The molecule has 0 unspecified atom stereocenters. The van der Waals surface area contributed by atoms with E-state index in [9.17, 15) is 4.79 Å². The molecular weight excluding hydrogens is 389 g/mol. The molecule has 4 rings (SSSR count). The van der Waals surface area contributed by atoms with Gasteiger partial charge in [-0.1, -0.05) is 24.3 Å². The summed E-state index contributed by atoms with van der Waals surface area (Å²) in [6.07, 6.45) is 1.91. The zero-order valence-electron chi connectivity index (χ0n) is 14.1. The number of para-hydroxylation sites is 2. The molecule has 138 valence electrons. The SMILES string of the molecule is Cl.Cl.Nc1ccccc1C(=O)N1CCC(c2nc3ccccc3s2)CC1. The first kappa shape index (κ1) is 20.5. The van der Waals surface area contributed by atoms with Gasteiger partial charge in [-0.05, 0) is 37.1 Å². The van der Waals surface area contributed by atoms with Crippen LogP contribution in [0.2, 0.25) is 0 Å². The summed E-state index contributed by atoms with van der Waals surface area (Å²) < 4.78 is 1.24. The Morgan fingerprint density at radius 3 is 2.38 bits per heavy atom. The largest absolute Gasteiger partial charge is 0.398 e. The number of carbonyl (C=O) groups excluding carboxylic acids is 1. The number of nitrogens with zero attached hydrogens (tertiary/aromatic N) is 2. The first-order chi connectivity index (χ1) is 11.7. The van der Waals surface area contributed by atoms with Crippen molar-refractivity contribution in [1.82, 2.24) is 9.88 Å². The molecular formula is C19H21Cl2N3OS. The lowest BCUT2D eigenvalue weighted by Crippen LogP contribution is -2.38. The molecule has 0 spiro atoms. The van der Waals surface area contributed by atoms with Crippen LogP contribution < -0.4 is 5.73 Å². The van der Waals surface area contributed by atoms with Gasteiger partial charge in [-0.25, -0.2) is 4.98 Å². The molecule has 1 saturated heterocycles. The standard InChI is InChI=1S/C19H19N3OS.2ClH/c20-15-6-2-1-5-14(15)19(23)22-11-9-13(10-12-22)18-21-16-7-3-4-8-17(16)24-18;;/h1-8,13H,9-12,20H2;2*1H. The molecule has 4 nitrogen and oxygen atoms in total. The molecule has 7 heteroatoms. The zero-order valence-corrected chi connectivity index (χ0v) is 16.6. The Morgan fingerprint density at radius 2 is 1.69 bits per heavy atom. The Bertz CT molecular complexity index is 858. The average Bonchev–Trinajstić information content (AvgIpc) is 3.06. The summed E-state index contributed by atoms with van der Waals surface area (Å²) in [5.74, 6) is 0.482. The molecule has 0 bridgehead atoms. The third kappa shape index (κ3) is 3.95. The van der Waals surface area contributed by atoms with Crippen LogP contribution in [0.25, 0.3) is 10.2 Å². The number of piperidine rings is 1. The molecule has 1 amide bonds. The molecule has 1 aliphatic heterocycles. The van der Waals surface area contributed by atoms with Crippen LogP contribution in [0.3, 0.4) is 0 Å². The fourth-order valence-corrected chi connectivity index (χ4v) is 4.39. The second-order valence-corrected chi connectivity index (χ2v) is 7.24. The van der Waals surface area contributed by atoms with Crippen LogP contribution in [0.5, 0.6) is 0 Å². The van der Waals surface area contributed by atoms with E-state index < -0.39 is 0 Å². The van der Waals surface area contributed by atoms with Crippen LogP contribution in [-0.4, -0.2) is 28.9 Å². The van der Waals surface area contributed by atoms with Gasteiger partial charge in [-0.15, -0.1) is 36.2 Å². The summed E-state index contributed by atoms with van der Waals surface area (Å²) in [6, 6.07) is 15.5. The van der Waals surface area contributed by atoms with Gasteiger partial charge < -0.3 is 10.6 Å². The van der Waals surface area contributed by atoms with Crippen LogP contribution in [0.1, 0.15) is 34.1 Å². The second kappa shape index (κ2) is 8.71. The normalized spacial score (nSPS) is 14.5. The maximum Gasteiger partial charge on any atom is 0.255 e. The molecule has 2 aromatic carbocycles. The fourth-order valence-electron chi connectivity index (χ4n) is 3.26. The summed E-state index contributed by atoms with van der Waals surface area (Å²) in [7, 11) is 0. The summed E-state index contributed by atoms with van der Waals surface area (Å²) in [4.78, 5) is 19.3. The smallest absolute Gasteiger partial charge is 0.255 e. The number of nitrogens with two attached hydrogens (primary N) is 1. The van der Waals surface area contributed by atoms with Crippen molar-refractivity contribution >= 4 is 58.0 Å². The number of nitrogen functional groups attached to an aromatic ring is 1. The van der Waals surface area contributed by atoms with Crippen molar-refractivity contribution in [1.29, 1.82) is 0 Å². The van der Waals surface area contributed by atoms with Crippen molar-refractivity contribution in [2.45, 2.75) is 18.8 Å². The Labute approximate surface area is 169 Å². The third-order valence-electron chi connectivity index (χ3n) is 4.63. The Morgan fingerprint density at radius 1 is 1.04 bits per heavy atom. The summed E-state index contributed by atoms with van der Waals surface area (Å²) in [5, 5.41) is 1.20. The molecule has 1 aliphatic rings. The molecule has 0 atom stereocenters. The van der Waals surface area contributed by atoms with E-state index in [-0.39, 0.29) is 30.7 Å². The van der Waals surface area contributed by atoms with Gasteiger partial charge in [0.25, 0.3) is 5.91 Å². The molecule has 0 radical (unpaired) electrons. The number of likely N-dealkylation sites (tertiary alicyclic amines) is 1. The number of aromatic nitrogens is 1. The quantitative estimate of drug-likeness (QED) is 0.621. The van der Waals surface area contributed by atoms with Gasteiger partial charge in [-0.3, -0.25) is 4.79 Å². The van der Waals surface area contributed by atoms with Crippen LogP contribution in [0, 0.1) is 0 Å². The monoisotopic (exact) mass is 409 g/mol. The van der Waals surface area contributed by atoms with Gasteiger partial charge in [0.15, 0.2) is 0 Å². The number of amides is 1. The van der Waals surface area contributed by atoms with E-state index in [1.54, 1.807) is 23.5 Å². The number of halogens is 2. The molecule has 1 fully saturated rings. The van der Waals surface area contributed by atoms with Crippen LogP contribution in [-0.2, 0) is 0 Å². The van der Waals surface area contributed by atoms with Gasteiger partial charge in [0, 0.05) is 24.7 Å². The van der Waals surface area contributed by atoms with Crippen molar-refractivity contribution in [2.75, 3.05) is 18.8 Å². The van der Waals surface area contributed by atoms with Gasteiger partial charge in [0.1, 0.15) is 0 Å². The number of hydrogen-bond acceptors (Lipinski definition) is 4. The fraction of sp³-hybridized carbons (Fsp3) is 0.263. The van der Waals surface area contributed by atoms with E-state index in [4.69, 9.17) is 10.7 Å². The van der Waals surface area contributed by atoms with E-state index in [0.717, 1.165) is 31.4 Å². The molecule has 1 aromatic heterocycles. The molecule has 0 saturated carbocycles. The zero-order chi connectivity index (χ0) is 16.5. The number of hydrogen-bond donors (Lipinski definition) is 1. The molecule has 2 N–H and O–H groups in total.